The molecule has 0 saturated heterocycles. The molecule has 0 aliphatic rings. The molecule has 30 heavy (non-hydrogen) atoms. The van der Waals surface area contributed by atoms with Gasteiger partial charge in [-0.3, -0.25) is 0 Å². The normalized spacial score (nSPS) is 19.1. The summed E-state index contributed by atoms with van der Waals surface area (Å²) in [5, 5.41) is 0. The molecule has 6 nitrogen and oxygen atoms in total. The van der Waals surface area contributed by atoms with Crippen molar-refractivity contribution in [1.82, 2.24) is 0 Å². The van der Waals surface area contributed by atoms with Crippen LogP contribution in [0.2, 0.25) is 0 Å². The highest BCUT2D eigenvalue weighted by molar-refractivity contribution is 7.40. The van der Waals surface area contributed by atoms with Gasteiger partial charge in [0.15, 0.2) is 11.1 Å². The van der Waals surface area contributed by atoms with Crippen molar-refractivity contribution in [2.45, 2.75) is 110 Å². The molecule has 0 amide bonds. The molecular formula is C22H49NO5P2. The molecule has 0 spiro atoms. The van der Waals surface area contributed by atoms with Gasteiger partial charge in [0, 0.05) is 38.0 Å². The zero-order chi connectivity index (χ0) is 23.6. The molecule has 0 aliphatic carbocycles. The van der Waals surface area contributed by atoms with Crippen molar-refractivity contribution in [3.8, 4) is 0 Å². The van der Waals surface area contributed by atoms with Crippen LogP contribution in [-0.2, 0) is 23.7 Å². The van der Waals surface area contributed by atoms with E-state index in [2.05, 4.69) is 20.8 Å². The molecule has 0 radical (unpaired) electrons. The molecule has 6 atom stereocenters. The summed E-state index contributed by atoms with van der Waals surface area (Å²) in [5.41, 5.74) is 5.24. The minimum atomic E-state index is -0.826. The monoisotopic (exact) mass is 469 g/mol. The molecule has 0 aliphatic heterocycles. The maximum Gasteiger partial charge on any atom is 0.181 e. The Kier molecular flexibility index (Phi) is 14.3. The summed E-state index contributed by atoms with van der Waals surface area (Å²) in [4.78, 5) is 0. The van der Waals surface area contributed by atoms with Gasteiger partial charge in [0.25, 0.3) is 0 Å². The molecule has 0 saturated carbocycles. The van der Waals surface area contributed by atoms with Crippen LogP contribution in [0.4, 0.5) is 0 Å². The Labute approximate surface area is 189 Å². The first-order valence-electron chi connectivity index (χ1n) is 11.4. The molecule has 182 valence electrons. The van der Waals surface area contributed by atoms with Crippen molar-refractivity contribution in [2.75, 3.05) is 26.4 Å². The SMILES string of the molecule is CCOC(C)(OCC)PC(C)C(C)C(N)(OC(C)C)C(C)PC(C)(OCC)OCC. The molecule has 0 bridgehead atoms. The zero-order valence-corrected chi connectivity index (χ0v) is 23.3. The van der Waals surface area contributed by atoms with Crippen LogP contribution in [0.1, 0.15) is 76.2 Å². The van der Waals surface area contributed by atoms with Crippen LogP contribution in [0, 0.1) is 5.92 Å². The van der Waals surface area contributed by atoms with Crippen LogP contribution < -0.4 is 5.73 Å². The lowest BCUT2D eigenvalue weighted by molar-refractivity contribution is -0.160. The van der Waals surface area contributed by atoms with Gasteiger partial charge in [-0.1, -0.05) is 37.9 Å². The Bertz CT molecular complexity index is 457. The van der Waals surface area contributed by atoms with Crippen LogP contribution in [0.25, 0.3) is 0 Å². The second kappa shape index (κ2) is 14.0. The van der Waals surface area contributed by atoms with Crippen LogP contribution in [-0.4, -0.2) is 60.6 Å². The standard InChI is InChI=1S/C22H49NO5P2/c1-12-24-20(10,25-13-2)29-18(8)17(7)22(23,28-16(5)6)19(9)30-21(11,26-14-3)27-15-4/h16-19,29-30H,12-15,23H2,1-11H3. The average Bonchev–Trinajstić information content (AvgIpc) is 2.60. The summed E-state index contributed by atoms with van der Waals surface area (Å²) in [6.07, 6.45) is 0.0100. The van der Waals surface area contributed by atoms with Crippen LogP contribution >= 0.6 is 17.2 Å². The molecule has 8 heteroatoms. The maximum absolute atomic E-state index is 7.05. The third kappa shape index (κ3) is 9.63. The largest absolute Gasteiger partial charge is 0.357 e. The molecule has 0 aromatic rings. The first-order chi connectivity index (χ1) is 13.8. The first-order valence-corrected chi connectivity index (χ1v) is 13.6. The highest BCUT2D eigenvalue weighted by Gasteiger charge is 2.46. The third-order valence-electron chi connectivity index (χ3n) is 5.23. The summed E-state index contributed by atoms with van der Waals surface area (Å²) in [6.45, 7) is 25.0. The molecule has 6 unspecified atom stereocenters. The van der Waals surface area contributed by atoms with Gasteiger partial charge < -0.3 is 29.4 Å². The third-order valence-corrected chi connectivity index (χ3v) is 8.69. The summed E-state index contributed by atoms with van der Waals surface area (Å²) in [6, 6.07) is 0. The quantitative estimate of drug-likeness (QED) is 0.229. The molecule has 0 rings (SSSR count). The summed E-state index contributed by atoms with van der Waals surface area (Å²) in [5.74, 6) is 0.0773. The second-order valence-electron chi connectivity index (χ2n) is 8.23. The molecule has 0 aromatic heterocycles. The predicted octanol–water partition coefficient (Wildman–Crippen LogP) is 5.33. The van der Waals surface area contributed by atoms with Crippen LogP contribution in [0.5, 0.6) is 0 Å². The Morgan fingerprint density at radius 2 is 1.07 bits per heavy atom. The minimum Gasteiger partial charge on any atom is -0.357 e. The molecule has 0 aromatic carbocycles. The van der Waals surface area contributed by atoms with Crippen molar-refractivity contribution in [2.24, 2.45) is 11.7 Å². The summed E-state index contributed by atoms with van der Waals surface area (Å²) >= 11 is 0. The first kappa shape index (κ1) is 30.6. The fraction of sp³-hybridized carbons (Fsp3) is 1.00. The van der Waals surface area contributed by atoms with E-state index in [0.29, 0.717) is 43.6 Å². The smallest absolute Gasteiger partial charge is 0.181 e. The molecule has 0 heterocycles. The van der Waals surface area contributed by atoms with E-state index in [-0.39, 0.29) is 23.3 Å². The Hall–Kier alpha value is 0.620. The van der Waals surface area contributed by atoms with Gasteiger partial charge >= 0.3 is 0 Å². The van der Waals surface area contributed by atoms with Gasteiger partial charge in [-0.2, -0.15) is 0 Å². The van der Waals surface area contributed by atoms with Crippen LogP contribution in [0.3, 0.4) is 0 Å². The lowest BCUT2D eigenvalue weighted by Gasteiger charge is -2.47. The lowest BCUT2D eigenvalue weighted by atomic mass is 9.92. The second-order valence-corrected chi connectivity index (χ2v) is 12.4. The Balaban J connectivity index is 5.69. The van der Waals surface area contributed by atoms with Crippen molar-refractivity contribution in [3.05, 3.63) is 0 Å². The highest BCUT2D eigenvalue weighted by atomic mass is 31.1. The van der Waals surface area contributed by atoms with E-state index in [1.165, 1.54) is 0 Å². The van der Waals surface area contributed by atoms with Gasteiger partial charge in [-0.15, -0.1) is 0 Å². The van der Waals surface area contributed by atoms with E-state index in [4.69, 9.17) is 29.4 Å². The number of rotatable bonds is 17. The maximum atomic E-state index is 7.05. The van der Waals surface area contributed by atoms with E-state index >= 15 is 0 Å². The van der Waals surface area contributed by atoms with E-state index in [1.807, 2.05) is 55.4 Å². The predicted molar refractivity (Wildman–Crippen MR) is 131 cm³/mol. The van der Waals surface area contributed by atoms with Gasteiger partial charge in [-0.25, -0.2) is 0 Å². The Morgan fingerprint density at radius 3 is 1.40 bits per heavy atom. The van der Waals surface area contributed by atoms with Crippen LogP contribution in [0.15, 0.2) is 0 Å². The fourth-order valence-corrected chi connectivity index (χ4v) is 7.39. The summed E-state index contributed by atoms with van der Waals surface area (Å²) < 4.78 is 30.3. The van der Waals surface area contributed by atoms with E-state index < -0.39 is 16.8 Å². The summed E-state index contributed by atoms with van der Waals surface area (Å²) in [7, 11) is 0.767. The van der Waals surface area contributed by atoms with Gasteiger partial charge in [-0.05, 0) is 61.0 Å². The topological polar surface area (TPSA) is 72.2 Å². The van der Waals surface area contributed by atoms with E-state index in [9.17, 15) is 0 Å². The Morgan fingerprint density at radius 1 is 0.700 bits per heavy atom. The van der Waals surface area contributed by atoms with Crippen molar-refractivity contribution in [1.29, 1.82) is 0 Å². The number of nitrogens with two attached hydrogens (primary N) is 1. The van der Waals surface area contributed by atoms with Crippen molar-refractivity contribution >= 4 is 17.2 Å². The molecule has 2 N–H and O–H groups in total. The van der Waals surface area contributed by atoms with Crippen molar-refractivity contribution < 1.29 is 23.7 Å². The highest BCUT2D eigenvalue weighted by Crippen LogP contribution is 2.49. The van der Waals surface area contributed by atoms with Gasteiger partial charge in [0.1, 0.15) is 5.72 Å². The average molecular weight is 470 g/mol. The van der Waals surface area contributed by atoms with E-state index in [0.717, 1.165) is 0 Å². The number of ether oxygens (including phenoxy) is 5. The van der Waals surface area contributed by atoms with Gasteiger partial charge in [0.05, 0.1) is 6.10 Å². The van der Waals surface area contributed by atoms with Gasteiger partial charge in [0.2, 0.25) is 0 Å². The molecule has 0 fully saturated rings. The number of hydrogen-bond acceptors (Lipinski definition) is 6. The van der Waals surface area contributed by atoms with Crippen molar-refractivity contribution in [3.63, 3.8) is 0 Å². The molecular weight excluding hydrogens is 420 g/mol. The minimum absolute atomic E-state index is 0.0100. The lowest BCUT2D eigenvalue weighted by Crippen LogP contribution is -2.59. The zero-order valence-electron chi connectivity index (χ0n) is 21.3. The fourth-order valence-electron chi connectivity index (χ4n) is 3.80. The van der Waals surface area contributed by atoms with E-state index in [1.54, 1.807) is 0 Å². The number of hydrogen-bond donors (Lipinski definition) is 1.